The number of amidine groups is 1. The standard InChI is InChI=1S/C23H20F3N3O3.ClH/c1-14-10-18(24)20(12-21(14)30)28-23(25)17-11-16(31-2)8-9-19(17)27-22(29(23)26)32-13-15-6-4-3-5-7-15;/h3-12,28,30H,13H2,1-2H3;1H. The molecule has 10 heteroatoms. The Morgan fingerprint density at radius 1 is 1.12 bits per heavy atom. The van der Waals surface area contributed by atoms with Crippen molar-refractivity contribution in [1.29, 1.82) is 0 Å². The van der Waals surface area contributed by atoms with E-state index in [2.05, 4.69) is 10.3 Å². The number of halogens is 4. The number of aromatic hydroxyl groups is 1. The van der Waals surface area contributed by atoms with Gasteiger partial charge in [0.25, 0.3) is 0 Å². The second kappa shape index (κ2) is 9.50. The molecule has 1 unspecified atom stereocenters. The van der Waals surface area contributed by atoms with E-state index in [-0.39, 0.29) is 52.4 Å². The van der Waals surface area contributed by atoms with E-state index in [1.807, 2.05) is 6.07 Å². The molecule has 0 aliphatic carbocycles. The summed E-state index contributed by atoms with van der Waals surface area (Å²) in [6.45, 7) is 1.42. The third kappa shape index (κ3) is 4.63. The number of nitrogens with zero attached hydrogens (tertiary/aromatic N) is 2. The van der Waals surface area contributed by atoms with E-state index in [0.717, 1.165) is 17.7 Å². The third-order valence-electron chi connectivity index (χ3n) is 5.01. The Hall–Kier alpha value is -3.59. The number of aliphatic imine (C=N–C) groups is 1. The summed E-state index contributed by atoms with van der Waals surface area (Å²) in [7, 11) is 1.38. The molecule has 3 aromatic carbocycles. The fraction of sp³-hybridized carbons (Fsp3) is 0.174. The Morgan fingerprint density at radius 3 is 2.55 bits per heavy atom. The summed E-state index contributed by atoms with van der Waals surface area (Å²) in [5, 5.41) is 11.8. The van der Waals surface area contributed by atoms with Crippen molar-refractivity contribution in [2.24, 2.45) is 4.99 Å². The molecule has 6 nitrogen and oxygen atoms in total. The van der Waals surface area contributed by atoms with Gasteiger partial charge in [0.15, 0.2) is 0 Å². The average Bonchev–Trinajstić information content (AvgIpc) is 2.79. The fourth-order valence-corrected chi connectivity index (χ4v) is 3.25. The molecule has 0 saturated heterocycles. The van der Waals surface area contributed by atoms with Crippen LogP contribution in [0.3, 0.4) is 0 Å². The number of ether oxygens (including phenoxy) is 2. The Kier molecular flexibility index (Phi) is 6.92. The van der Waals surface area contributed by atoms with Gasteiger partial charge in [0.05, 0.1) is 24.0 Å². The van der Waals surface area contributed by atoms with Crippen molar-refractivity contribution in [3.05, 3.63) is 83.2 Å². The minimum atomic E-state index is -3.11. The van der Waals surface area contributed by atoms with E-state index in [9.17, 15) is 9.50 Å². The Balaban J connectivity index is 0.00000306. The van der Waals surface area contributed by atoms with Gasteiger partial charge in [-0.15, -0.1) is 12.4 Å². The summed E-state index contributed by atoms with van der Waals surface area (Å²) in [5.41, 5.74) is 0.324. The largest absolute Gasteiger partial charge is 0.508 e. The molecule has 1 heterocycles. The molecule has 0 bridgehead atoms. The Morgan fingerprint density at radius 2 is 1.85 bits per heavy atom. The van der Waals surface area contributed by atoms with E-state index in [4.69, 9.17) is 9.47 Å². The quantitative estimate of drug-likeness (QED) is 0.354. The molecule has 33 heavy (non-hydrogen) atoms. The molecule has 0 fully saturated rings. The SMILES string of the molecule is COc1ccc2c(c1)C(F)(Nc1cc(O)c(C)cc1F)N(F)C(OCc1ccccc1)=N2.Cl. The maximum Gasteiger partial charge on any atom is 0.326 e. The Bertz CT molecular complexity index is 1180. The molecule has 0 saturated carbocycles. The summed E-state index contributed by atoms with van der Waals surface area (Å²) in [6.07, 6.45) is 0. The minimum absolute atomic E-state index is 0. The van der Waals surface area contributed by atoms with Crippen LogP contribution in [-0.2, 0) is 17.3 Å². The highest BCUT2D eigenvalue weighted by Crippen LogP contribution is 2.44. The number of anilines is 1. The van der Waals surface area contributed by atoms with Gasteiger partial charge in [0.1, 0.15) is 23.9 Å². The average molecular weight is 480 g/mol. The Labute approximate surface area is 194 Å². The topological polar surface area (TPSA) is 66.3 Å². The van der Waals surface area contributed by atoms with Crippen LogP contribution in [0.25, 0.3) is 0 Å². The molecule has 1 atom stereocenters. The van der Waals surface area contributed by atoms with E-state index in [1.165, 1.54) is 32.2 Å². The first-order valence-corrected chi connectivity index (χ1v) is 9.68. The fourth-order valence-electron chi connectivity index (χ4n) is 3.25. The van der Waals surface area contributed by atoms with Gasteiger partial charge in [-0.1, -0.05) is 39.9 Å². The van der Waals surface area contributed by atoms with Gasteiger partial charge in [-0.25, -0.2) is 4.39 Å². The van der Waals surface area contributed by atoms with Crippen LogP contribution in [-0.4, -0.2) is 23.4 Å². The van der Waals surface area contributed by atoms with Gasteiger partial charge < -0.3 is 19.9 Å². The summed E-state index contributed by atoms with van der Waals surface area (Å²) >= 11 is 0. The highest BCUT2D eigenvalue weighted by atomic mass is 35.5. The van der Waals surface area contributed by atoms with Crippen LogP contribution in [0.5, 0.6) is 11.5 Å². The lowest BCUT2D eigenvalue weighted by atomic mass is 10.1. The van der Waals surface area contributed by atoms with Crippen LogP contribution >= 0.6 is 12.4 Å². The number of nitrogens with one attached hydrogen (secondary N) is 1. The first-order chi connectivity index (χ1) is 15.3. The highest BCUT2D eigenvalue weighted by molar-refractivity contribution is 5.85. The van der Waals surface area contributed by atoms with E-state index in [0.29, 0.717) is 0 Å². The second-order valence-corrected chi connectivity index (χ2v) is 7.20. The van der Waals surface area contributed by atoms with E-state index in [1.54, 1.807) is 24.3 Å². The van der Waals surface area contributed by atoms with Gasteiger partial charge in [-0.2, -0.15) is 9.38 Å². The van der Waals surface area contributed by atoms with Crippen molar-refractivity contribution in [3.63, 3.8) is 0 Å². The molecule has 1 aliphatic rings. The van der Waals surface area contributed by atoms with Crippen molar-refractivity contribution < 1.29 is 27.8 Å². The van der Waals surface area contributed by atoms with Gasteiger partial charge in [0.2, 0.25) is 0 Å². The highest BCUT2D eigenvalue weighted by Gasteiger charge is 2.49. The molecule has 0 spiro atoms. The number of hydrogen-bond acceptors (Lipinski definition) is 6. The summed E-state index contributed by atoms with van der Waals surface area (Å²) in [4.78, 5) is 4.07. The number of phenolic OH excluding ortho intramolecular Hbond substituents is 1. The maximum absolute atomic E-state index is 16.3. The number of fused-ring (bicyclic) bond motifs is 1. The lowest BCUT2D eigenvalue weighted by Gasteiger charge is -2.36. The molecule has 4 rings (SSSR count). The molecule has 2 N–H and O–H groups in total. The van der Waals surface area contributed by atoms with Crippen molar-refractivity contribution in [3.8, 4) is 11.5 Å². The molecule has 1 aliphatic heterocycles. The number of phenols is 1. The minimum Gasteiger partial charge on any atom is -0.508 e. The number of hydrogen-bond donors (Lipinski definition) is 2. The van der Waals surface area contributed by atoms with Crippen molar-refractivity contribution in [2.45, 2.75) is 19.4 Å². The summed E-state index contributed by atoms with van der Waals surface area (Å²) in [6, 6.07) is 14.5. The van der Waals surface area contributed by atoms with Gasteiger partial charge in [0, 0.05) is 6.07 Å². The number of aryl methyl sites for hydroxylation is 1. The number of methoxy groups -OCH3 is 1. The monoisotopic (exact) mass is 479 g/mol. The van der Waals surface area contributed by atoms with Crippen LogP contribution in [0.15, 0.2) is 65.7 Å². The van der Waals surface area contributed by atoms with Crippen LogP contribution in [0, 0.1) is 12.7 Å². The molecule has 0 amide bonds. The molecule has 3 aromatic rings. The molecule has 174 valence electrons. The normalized spacial score (nSPS) is 16.9. The predicted molar refractivity (Wildman–Crippen MR) is 121 cm³/mol. The van der Waals surface area contributed by atoms with E-state index >= 15 is 8.87 Å². The van der Waals surface area contributed by atoms with Gasteiger partial charge >= 0.3 is 11.9 Å². The van der Waals surface area contributed by atoms with Crippen molar-refractivity contribution >= 4 is 29.8 Å². The molecular formula is C23H21ClF3N3O3. The first-order valence-electron chi connectivity index (χ1n) is 9.68. The lowest BCUT2D eigenvalue weighted by molar-refractivity contribution is -0.107. The smallest absolute Gasteiger partial charge is 0.326 e. The molecular weight excluding hydrogens is 459 g/mol. The summed E-state index contributed by atoms with van der Waals surface area (Å²) < 4.78 is 56.8. The van der Waals surface area contributed by atoms with Gasteiger partial charge in [-0.05, 0) is 42.3 Å². The van der Waals surface area contributed by atoms with Gasteiger partial charge in [-0.3, -0.25) is 0 Å². The zero-order chi connectivity index (χ0) is 22.9. The molecule has 0 radical (unpaired) electrons. The maximum atomic E-state index is 16.3. The van der Waals surface area contributed by atoms with Crippen LogP contribution in [0.2, 0.25) is 0 Å². The zero-order valence-electron chi connectivity index (χ0n) is 17.7. The van der Waals surface area contributed by atoms with Crippen LogP contribution in [0.4, 0.5) is 24.6 Å². The first kappa shape index (κ1) is 24.1. The zero-order valence-corrected chi connectivity index (χ0v) is 18.5. The number of rotatable bonds is 5. The van der Waals surface area contributed by atoms with E-state index < -0.39 is 23.4 Å². The molecule has 0 aromatic heterocycles. The van der Waals surface area contributed by atoms with Crippen LogP contribution < -0.4 is 10.1 Å². The lowest BCUT2D eigenvalue weighted by Crippen LogP contribution is -2.49. The number of benzene rings is 3. The summed E-state index contributed by atoms with van der Waals surface area (Å²) in [5.74, 6) is -4.01. The predicted octanol–water partition coefficient (Wildman–Crippen LogP) is 5.87. The van der Waals surface area contributed by atoms with Crippen LogP contribution in [0.1, 0.15) is 16.7 Å². The second-order valence-electron chi connectivity index (χ2n) is 7.20. The third-order valence-corrected chi connectivity index (χ3v) is 5.01. The van der Waals surface area contributed by atoms with Crippen molar-refractivity contribution in [2.75, 3.05) is 12.4 Å². The number of alkyl halides is 1. The van der Waals surface area contributed by atoms with Crippen molar-refractivity contribution in [1.82, 2.24) is 5.12 Å².